The van der Waals surface area contributed by atoms with Crippen LogP contribution in [0, 0.1) is 11.8 Å². The van der Waals surface area contributed by atoms with Crippen LogP contribution in [-0.2, 0) is 0 Å². The van der Waals surface area contributed by atoms with Crippen LogP contribution in [0.2, 0.25) is 0 Å². The van der Waals surface area contributed by atoms with Gasteiger partial charge in [-0.2, -0.15) is 0 Å². The predicted octanol–water partition coefficient (Wildman–Crippen LogP) is 3.75. The number of hydrogen-bond donors (Lipinski definition) is 1. The maximum Gasteiger partial charge on any atom is 0.0568 e. The second-order valence-corrected chi connectivity index (χ2v) is 5.09. The van der Waals surface area contributed by atoms with Crippen LogP contribution in [0.25, 0.3) is 0 Å². The SMILES string of the molecule is CCCCCCC(O)C1CCC(C)C1. The van der Waals surface area contributed by atoms with Crippen LogP contribution in [-0.4, -0.2) is 11.2 Å². The summed E-state index contributed by atoms with van der Waals surface area (Å²) in [5.41, 5.74) is 0. The molecule has 0 spiro atoms. The van der Waals surface area contributed by atoms with Gasteiger partial charge >= 0.3 is 0 Å². The van der Waals surface area contributed by atoms with Crippen molar-refractivity contribution < 1.29 is 5.11 Å². The number of aliphatic hydroxyl groups is 1. The molecule has 1 saturated carbocycles. The molecule has 84 valence electrons. The van der Waals surface area contributed by atoms with Gasteiger partial charge in [0.15, 0.2) is 0 Å². The highest BCUT2D eigenvalue weighted by Crippen LogP contribution is 2.34. The summed E-state index contributed by atoms with van der Waals surface area (Å²) in [4.78, 5) is 0. The number of aliphatic hydroxyl groups excluding tert-OH is 1. The molecule has 3 unspecified atom stereocenters. The van der Waals surface area contributed by atoms with Crippen molar-refractivity contribution in [2.24, 2.45) is 11.8 Å². The Hall–Kier alpha value is -0.0400. The van der Waals surface area contributed by atoms with Crippen LogP contribution in [0.3, 0.4) is 0 Å². The number of hydrogen-bond acceptors (Lipinski definition) is 1. The van der Waals surface area contributed by atoms with Gasteiger partial charge in [-0.15, -0.1) is 0 Å². The second-order valence-electron chi connectivity index (χ2n) is 5.09. The first kappa shape index (κ1) is 12.0. The third kappa shape index (κ3) is 4.00. The summed E-state index contributed by atoms with van der Waals surface area (Å²) < 4.78 is 0. The van der Waals surface area contributed by atoms with Crippen LogP contribution < -0.4 is 0 Å². The third-order valence-electron chi connectivity index (χ3n) is 3.63. The van der Waals surface area contributed by atoms with Gasteiger partial charge in [0, 0.05) is 0 Å². The normalized spacial score (nSPS) is 29.4. The van der Waals surface area contributed by atoms with E-state index in [0.717, 1.165) is 12.3 Å². The molecular weight excluding hydrogens is 172 g/mol. The molecule has 1 aliphatic carbocycles. The molecule has 0 aromatic rings. The molecule has 0 aromatic carbocycles. The molecular formula is C13H26O. The van der Waals surface area contributed by atoms with E-state index in [2.05, 4.69) is 13.8 Å². The molecule has 1 N–H and O–H groups in total. The van der Waals surface area contributed by atoms with Crippen molar-refractivity contribution in [3.63, 3.8) is 0 Å². The predicted molar refractivity (Wildman–Crippen MR) is 61.3 cm³/mol. The Morgan fingerprint density at radius 1 is 1.21 bits per heavy atom. The summed E-state index contributed by atoms with van der Waals surface area (Å²) in [6.45, 7) is 4.54. The van der Waals surface area contributed by atoms with E-state index in [-0.39, 0.29) is 6.10 Å². The van der Waals surface area contributed by atoms with E-state index in [9.17, 15) is 5.11 Å². The average molecular weight is 198 g/mol. The molecule has 1 rings (SSSR count). The molecule has 1 nitrogen and oxygen atoms in total. The standard InChI is InChI=1S/C13H26O/c1-3-4-5-6-7-13(14)12-9-8-11(2)10-12/h11-14H,3-10H2,1-2H3. The highest BCUT2D eigenvalue weighted by atomic mass is 16.3. The molecule has 3 atom stereocenters. The van der Waals surface area contributed by atoms with Crippen LogP contribution in [0.4, 0.5) is 0 Å². The van der Waals surface area contributed by atoms with Crippen molar-refractivity contribution in [2.75, 3.05) is 0 Å². The Kier molecular flexibility index (Phi) is 5.54. The largest absolute Gasteiger partial charge is 0.393 e. The van der Waals surface area contributed by atoms with Gasteiger partial charge in [-0.05, 0) is 31.1 Å². The van der Waals surface area contributed by atoms with Crippen LogP contribution in [0.5, 0.6) is 0 Å². The maximum atomic E-state index is 9.97. The topological polar surface area (TPSA) is 20.2 Å². The van der Waals surface area contributed by atoms with Gasteiger partial charge in [0.2, 0.25) is 0 Å². The number of rotatable bonds is 6. The second kappa shape index (κ2) is 6.44. The Morgan fingerprint density at radius 3 is 2.57 bits per heavy atom. The summed E-state index contributed by atoms with van der Waals surface area (Å²) in [5, 5.41) is 9.97. The van der Waals surface area contributed by atoms with E-state index in [0.29, 0.717) is 5.92 Å². The highest BCUT2D eigenvalue weighted by Gasteiger charge is 2.26. The van der Waals surface area contributed by atoms with Gasteiger partial charge in [-0.1, -0.05) is 46.0 Å². The van der Waals surface area contributed by atoms with Crippen LogP contribution in [0.1, 0.15) is 65.2 Å². The molecule has 0 heterocycles. The van der Waals surface area contributed by atoms with Gasteiger partial charge < -0.3 is 5.11 Å². The summed E-state index contributed by atoms with van der Waals surface area (Å²) in [6, 6.07) is 0. The van der Waals surface area contributed by atoms with E-state index in [1.165, 1.54) is 44.9 Å². The molecule has 0 aromatic heterocycles. The first-order valence-electron chi connectivity index (χ1n) is 6.42. The molecule has 1 fully saturated rings. The lowest BCUT2D eigenvalue weighted by molar-refractivity contribution is 0.0971. The summed E-state index contributed by atoms with van der Waals surface area (Å²) >= 11 is 0. The fourth-order valence-corrected chi connectivity index (χ4v) is 2.62. The Bertz CT molecular complexity index is 144. The van der Waals surface area contributed by atoms with Gasteiger partial charge in [0.05, 0.1) is 6.10 Å². The zero-order chi connectivity index (χ0) is 10.4. The fraction of sp³-hybridized carbons (Fsp3) is 1.00. The van der Waals surface area contributed by atoms with Gasteiger partial charge in [0.25, 0.3) is 0 Å². The van der Waals surface area contributed by atoms with E-state index in [4.69, 9.17) is 0 Å². The molecule has 0 radical (unpaired) electrons. The molecule has 14 heavy (non-hydrogen) atoms. The van der Waals surface area contributed by atoms with E-state index in [1.807, 2.05) is 0 Å². The van der Waals surface area contributed by atoms with E-state index >= 15 is 0 Å². The summed E-state index contributed by atoms with van der Waals surface area (Å²) in [7, 11) is 0. The lowest BCUT2D eigenvalue weighted by Gasteiger charge is -2.17. The lowest BCUT2D eigenvalue weighted by Crippen LogP contribution is -2.17. The van der Waals surface area contributed by atoms with E-state index < -0.39 is 0 Å². The molecule has 0 bridgehead atoms. The molecule has 0 saturated heterocycles. The quantitative estimate of drug-likeness (QED) is 0.644. The van der Waals surface area contributed by atoms with Gasteiger partial charge in [0.1, 0.15) is 0 Å². The minimum atomic E-state index is -0.00296. The van der Waals surface area contributed by atoms with Crippen molar-refractivity contribution in [2.45, 2.75) is 71.3 Å². The van der Waals surface area contributed by atoms with Crippen molar-refractivity contribution >= 4 is 0 Å². The Balaban J connectivity index is 2.06. The van der Waals surface area contributed by atoms with Crippen molar-refractivity contribution in [1.29, 1.82) is 0 Å². The summed E-state index contributed by atoms with van der Waals surface area (Å²) in [6.07, 6.45) is 10.0. The molecule has 0 aliphatic heterocycles. The molecule has 1 heteroatoms. The fourth-order valence-electron chi connectivity index (χ4n) is 2.62. The lowest BCUT2D eigenvalue weighted by atomic mass is 9.95. The van der Waals surface area contributed by atoms with Crippen molar-refractivity contribution in [1.82, 2.24) is 0 Å². The average Bonchev–Trinajstić information content (AvgIpc) is 2.59. The first-order chi connectivity index (χ1) is 6.74. The van der Waals surface area contributed by atoms with Crippen LogP contribution >= 0.6 is 0 Å². The van der Waals surface area contributed by atoms with Crippen LogP contribution in [0.15, 0.2) is 0 Å². The highest BCUT2D eigenvalue weighted by molar-refractivity contribution is 4.78. The van der Waals surface area contributed by atoms with E-state index in [1.54, 1.807) is 0 Å². The molecule has 1 aliphatic rings. The Morgan fingerprint density at radius 2 is 2.00 bits per heavy atom. The number of unbranched alkanes of at least 4 members (excludes halogenated alkanes) is 3. The zero-order valence-corrected chi connectivity index (χ0v) is 9.84. The third-order valence-corrected chi connectivity index (χ3v) is 3.63. The Labute approximate surface area is 88.9 Å². The monoisotopic (exact) mass is 198 g/mol. The van der Waals surface area contributed by atoms with Gasteiger partial charge in [-0.25, -0.2) is 0 Å². The van der Waals surface area contributed by atoms with Crippen molar-refractivity contribution in [3.8, 4) is 0 Å². The summed E-state index contributed by atoms with van der Waals surface area (Å²) in [5.74, 6) is 1.47. The smallest absolute Gasteiger partial charge is 0.0568 e. The minimum absolute atomic E-state index is 0.00296. The molecule has 0 amide bonds. The van der Waals surface area contributed by atoms with Gasteiger partial charge in [-0.3, -0.25) is 0 Å². The minimum Gasteiger partial charge on any atom is -0.393 e. The first-order valence-corrected chi connectivity index (χ1v) is 6.42. The zero-order valence-electron chi connectivity index (χ0n) is 9.84. The maximum absolute atomic E-state index is 9.97. The van der Waals surface area contributed by atoms with Crippen molar-refractivity contribution in [3.05, 3.63) is 0 Å².